The number of alkyl halides is 1. The first kappa shape index (κ1) is 9.07. The van der Waals surface area contributed by atoms with Crippen LogP contribution in [-0.4, -0.2) is 10.4 Å². The predicted octanol–water partition coefficient (Wildman–Crippen LogP) is 1.64. The van der Waals surface area contributed by atoms with Gasteiger partial charge in [0.25, 0.3) is 5.56 Å². The Morgan fingerprint density at radius 3 is 2.92 bits per heavy atom. The third-order valence-electron chi connectivity index (χ3n) is 1.48. The van der Waals surface area contributed by atoms with Crippen molar-refractivity contribution in [2.75, 3.05) is 5.88 Å². The van der Waals surface area contributed by atoms with E-state index in [1.54, 1.807) is 16.8 Å². The van der Waals surface area contributed by atoms with Crippen molar-refractivity contribution in [3.63, 3.8) is 0 Å². The second-order valence-electron chi connectivity index (χ2n) is 2.55. The van der Waals surface area contributed by atoms with E-state index in [0.29, 0.717) is 12.4 Å². The summed E-state index contributed by atoms with van der Waals surface area (Å²) in [5.74, 6) is 0.390. The Morgan fingerprint density at radius 2 is 2.33 bits per heavy atom. The van der Waals surface area contributed by atoms with Crippen molar-refractivity contribution in [2.45, 2.75) is 6.54 Å². The molecular weight excluding hydrogens is 174 g/mol. The van der Waals surface area contributed by atoms with Gasteiger partial charge in [-0.05, 0) is 11.6 Å². The van der Waals surface area contributed by atoms with Crippen LogP contribution < -0.4 is 5.56 Å². The van der Waals surface area contributed by atoms with E-state index in [4.69, 9.17) is 11.6 Å². The topological polar surface area (TPSA) is 22.0 Å². The first-order valence-corrected chi connectivity index (χ1v) is 4.15. The van der Waals surface area contributed by atoms with E-state index in [-0.39, 0.29) is 5.56 Å². The molecule has 1 aromatic rings. The van der Waals surface area contributed by atoms with Crippen molar-refractivity contribution >= 4 is 11.6 Å². The second-order valence-corrected chi connectivity index (χ2v) is 2.82. The van der Waals surface area contributed by atoms with Gasteiger partial charge in [-0.3, -0.25) is 4.79 Å². The first-order valence-electron chi connectivity index (χ1n) is 3.62. The molecular formula is C9H10ClNO. The van der Waals surface area contributed by atoms with Crippen molar-refractivity contribution in [1.29, 1.82) is 0 Å². The molecule has 0 saturated carbocycles. The molecule has 0 aliphatic rings. The number of halogens is 1. The van der Waals surface area contributed by atoms with Gasteiger partial charge < -0.3 is 4.57 Å². The number of hydrogen-bond acceptors (Lipinski definition) is 1. The fourth-order valence-electron chi connectivity index (χ4n) is 0.874. The summed E-state index contributed by atoms with van der Waals surface area (Å²) in [4.78, 5) is 11.1. The van der Waals surface area contributed by atoms with Gasteiger partial charge in [0.2, 0.25) is 0 Å². The lowest BCUT2D eigenvalue weighted by Gasteiger charge is -2.04. The lowest BCUT2D eigenvalue weighted by atomic mass is 10.3. The Morgan fingerprint density at radius 1 is 1.58 bits per heavy atom. The highest BCUT2D eigenvalue weighted by Crippen LogP contribution is 1.96. The van der Waals surface area contributed by atoms with Crippen LogP contribution in [0.25, 0.3) is 0 Å². The number of hydrogen-bond donors (Lipinski definition) is 0. The van der Waals surface area contributed by atoms with Gasteiger partial charge in [-0.25, -0.2) is 0 Å². The average molecular weight is 184 g/mol. The summed E-state index contributed by atoms with van der Waals surface area (Å²) in [6.07, 6.45) is 1.72. The molecule has 0 fully saturated rings. The molecule has 2 nitrogen and oxygen atoms in total. The smallest absolute Gasteiger partial charge is 0.250 e. The van der Waals surface area contributed by atoms with Crippen molar-refractivity contribution < 1.29 is 0 Å². The van der Waals surface area contributed by atoms with Gasteiger partial charge in [0.1, 0.15) is 0 Å². The third-order valence-corrected chi connectivity index (χ3v) is 1.86. The molecule has 0 N–H and O–H groups in total. The SMILES string of the molecule is C=C(CCl)Cn1ccccc1=O. The number of pyridine rings is 1. The summed E-state index contributed by atoms with van der Waals surface area (Å²) in [6, 6.07) is 5.03. The monoisotopic (exact) mass is 183 g/mol. The lowest BCUT2D eigenvalue weighted by Crippen LogP contribution is -2.18. The molecule has 0 aliphatic heterocycles. The Hall–Kier alpha value is -1.02. The quantitative estimate of drug-likeness (QED) is 0.516. The van der Waals surface area contributed by atoms with Crippen LogP contribution in [0.4, 0.5) is 0 Å². The zero-order chi connectivity index (χ0) is 8.97. The molecule has 3 heteroatoms. The van der Waals surface area contributed by atoms with Crippen LogP contribution in [-0.2, 0) is 6.54 Å². The first-order chi connectivity index (χ1) is 5.74. The van der Waals surface area contributed by atoms with E-state index in [1.165, 1.54) is 6.07 Å². The van der Waals surface area contributed by atoms with E-state index < -0.39 is 0 Å². The predicted molar refractivity (Wildman–Crippen MR) is 50.6 cm³/mol. The lowest BCUT2D eigenvalue weighted by molar-refractivity contribution is 0.750. The molecule has 12 heavy (non-hydrogen) atoms. The van der Waals surface area contributed by atoms with Gasteiger partial charge in [-0.2, -0.15) is 0 Å². The Balaban J connectivity index is 2.83. The molecule has 1 aromatic heterocycles. The van der Waals surface area contributed by atoms with E-state index >= 15 is 0 Å². The Kier molecular flexibility index (Phi) is 3.11. The van der Waals surface area contributed by atoms with Crippen LogP contribution in [0.2, 0.25) is 0 Å². The third kappa shape index (κ3) is 2.24. The number of nitrogens with zero attached hydrogens (tertiary/aromatic N) is 1. The summed E-state index contributed by atoms with van der Waals surface area (Å²) in [6.45, 7) is 4.22. The molecule has 1 rings (SSSR count). The normalized spacial score (nSPS) is 9.75. The molecule has 0 saturated heterocycles. The van der Waals surface area contributed by atoms with E-state index in [1.807, 2.05) is 6.07 Å². The summed E-state index contributed by atoms with van der Waals surface area (Å²) in [5.41, 5.74) is 0.814. The van der Waals surface area contributed by atoms with Gasteiger partial charge in [-0.1, -0.05) is 12.6 Å². The minimum absolute atomic E-state index is 0.0243. The fraction of sp³-hybridized carbons (Fsp3) is 0.222. The maximum Gasteiger partial charge on any atom is 0.250 e. The molecule has 0 spiro atoms. The molecule has 0 aromatic carbocycles. The van der Waals surface area contributed by atoms with Crippen molar-refractivity contribution in [2.24, 2.45) is 0 Å². The maximum absolute atomic E-state index is 11.1. The molecule has 0 atom stereocenters. The molecule has 64 valence electrons. The van der Waals surface area contributed by atoms with Crippen LogP contribution in [0.3, 0.4) is 0 Å². The molecule has 0 bridgehead atoms. The van der Waals surface area contributed by atoms with E-state index in [9.17, 15) is 4.79 Å². The number of allylic oxidation sites excluding steroid dienone is 1. The summed E-state index contributed by atoms with van der Waals surface area (Å²) < 4.78 is 1.57. The molecule has 0 radical (unpaired) electrons. The summed E-state index contributed by atoms with van der Waals surface area (Å²) in [7, 11) is 0. The molecule has 0 unspecified atom stereocenters. The van der Waals surface area contributed by atoms with Gasteiger partial charge in [-0.15, -0.1) is 11.6 Å². The molecule has 1 heterocycles. The second kappa shape index (κ2) is 4.12. The largest absolute Gasteiger partial charge is 0.311 e. The van der Waals surface area contributed by atoms with E-state index in [0.717, 1.165) is 5.57 Å². The highest BCUT2D eigenvalue weighted by Gasteiger charge is 1.95. The summed E-state index contributed by atoms with van der Waals surface area (Å²) in [5, 5.41) is 0. The Bertz CT molecular complexity index is 329. The van der Waals surface area contributed by atoms with Crippen LogP contribution in [0.1, 0.15) is 0 Å². The van der Waals surface area contributed by atoms with Gasteiger partial charge in [0.15, 0.2) is 0 Å². The maximum atomic E-state index is 11.1. The zero-order valence-electron chi connectivity index (χ0n) is 6.66. The minimum Gasteiger partial charge on any atom is -0.311 e. The van der Waals surface area contributed by atoms with Gasteiger partial charge >= 0.3 is 0 Å². The van der Waals surface area contributed by atoms with Crippen LogP contribution in [0.15, 0.2) is 41.3 Å². The van der Waals surface area contributed by atoms with E-state index in [2.05, 4.69) is 6.58 Å². The highest BCUT2D eigenvalue weighted by atomic mass is 35.5. The number of aromatic nitrogens is 1. The minimum atomic E-state index is -0.0243. The zero-order valence-corrected chi connectivity index (χ0v) is 7.42. The van der Waals surface area contributed by atoms with Crippen molar-refractivity contribution in [3.05, 3.63) is 46.9 Å². The average Bonchev–Trinajstić information content (AvgIpc) is 2.09. The van der Waals surface area contributed by atoms with Gasteiger partial charge in [0.05, 0.1) is 0 Å². The van der Waals surface area contributed by atoms with Crippen LogP contribution >= 0.6 is 11.6 Å². The summed E-state index contributed by atoms with van der Waals surface area (Å²) >= 11 is 5.54. The fourth-order valence-corrected chi connectivity index (χ4v) is 0.959. The number of rotatable bonds is 3. The standard InChI is InChI=1S/C9H10ClNO/c1-8(6-10)7-11-5-3-2-4-9(11)12/h2-5H,1,6-7H2. The van der Waals surface area contributed by atoms with Crippen molar-refractivity contribution in [3.8, 4) is 0 Å². The van der Waals surface area contributed by atoms with Gasteiger partial charge in [0, 0.05) is 24.7 Å². The molecule has 0 amide bonds. The van der Waals surface area contributed by atoms with Crippen LogP contribution in [0, 0.1) is 0 Å². The van der Waals surface area contributed by atoms with Crippen LogP contribution in [0.5, 0.6) is 0 Å². The highest BCUT2D eigenvalue weighted by molar-refractivity contribution is 6.19. The Labute approximate surface area is 76.1 Å². The van der Waals surface area contributed by atoms with Crippen molar-refractivity contribution in [1.82, 2.24) is 4.57 Å². The molecule has 0 aliphatic carbocycles.